The van der Waals surface area contributed by atoms with Gasteiger partial charge in [0.15, 0.2) is 0 Å². The van der Waals surface area contributed by atoms with Crippen molar-refractivity contribution in [3.05, 3.63) is 53.0 Å². The SMILES string of the molecule is CC(C)(C)OCCOc1nc(Cc2ccccc2)nc2c1CCNCC2. The van der Waals surface area contributed by atoms with Crippen LogP contribution in [0.1, 0.15) is 43.4 Å². The largest absolute Gasteiger partial charge is 0.475 e. The molecule has 5 nitrogen and oxygen atoms in total. The van der Waals surface area contributed by atoms with Crippen LogP contribution in [0.5, 0.6) is 5.88 Å². The average Bonchev–Trinajstić information content (AvgIpc) is 2.84. The predicted octanol–water partition coefficient (Wildman–Crippen LogP) is 2.95. The quantitative estimate of drug-likeness (QED) is 0.808. The van der Waals surface area contributed by atoms with Crippen LogP contribution in [0.25, 0.3) is 0 Å². The third-order valence-corrected chi connectivity index (χ3v) is 4.25. The minimum atomic E-state index is -0.158. The van der Waals surface area contributed by atoms with Crippen LogP contribution in [0.4, 0.5) is 0 Å². The second-order valence-corrected chi connectivity index (χ2v) is 7.59. The highest BCUT2D eigenvalue weighted by atomic mass is 16.5. The van der Waals surface area contributed by atoms with E-state index in [4.69, 9.17) is 19.4 Å². The lowest BCUT2D eigenvalue weighted by atomic mass is 10.1. The highest BCUT2D eigenvalue weighted by Gasteiger charge is 2.18. The zero-order valence-electron chi connectivity index (χ0n) is 16.0. The molecule has 1 aromatic carbocycles. The molecule has 1 aromatic heterocycles. The summed E-state index contributed by atoms with van der Waals surface area (Å²) in [6.07, 6.45) is 2.53. The first-order valence-electron chi connectivity index (χ1n) is 9.41. The van der Waals surface area contributed by atoms with Crippen LogP contribution in [0.2, 0.25) is 0 Å². The Labute approximate surface area is 156 Å². The molecule has 0 saturated heterocycles. The molecule has 0 spiro atoms. The van der Waals surface area contributed by atoms with Crippen molar-refractivity contribution in [1.29, 1.82) is 0 Å². The van der Waals surface area contributed by atoms with Gasteiger partial charge >= 0.3 is 0 Å². The van der Waals surface area contributed by atoms with Gasteiger partial charge in [-0.05, 0) is 39.3 Å². The van der Waals surface area contributed by atoms with E-state index in [-0.39, 0.29) is 5.60 Å². The maximum atomic E-state index is 6.03. The molecule has 140 valence electrons. The summed E-state index contributed by atoms with van der Waals surface area (Å²) < 4.78 is 11.8. The van der Waals surface area contributed by atoms with E-state index in [1.165, 1.54) is 5.56 Å². The highest BCUT2D eigenvalue weighted by molar-refractivity contribution is 5.34. The molecule has 2 aromatic rings. The van der Waals surface area contributed by atoms with Gasteiger partial charge in [-0.25, -0.2) is 4.98 Å². The van der Waals surface area contributed by atoms with Crippen LogP contribution >= 0.6 is 0 Å². The Kier molecular flexibility index (Phi) is 6.22. The van der Waals surface area contributed by atoms with Crippen molar-refractivity contribution in [3.8, 4) is 5.88 Å². The van der Waals surface area contributed by atoms with Crippen molar-refractivity contribution < 1.29 is 9.47 Å². The number of aromatic nitrogens is 2. The lowest BCUT2D eigenvalue weighted by Crippen LogP contribution is -2.23. The van der Waals surface area contributed by atoms with E-state index in [9.17, 15) is 0 Å². The topological polar surface area (TPSA) is 56.3 Å². The van der Waals surface area contributed by atoms with Crippen molar-refractivity contribution in [2.24, 2.45) is 0 Å². The molecular weight excluding hydrogens is 326 g/mol. The minimum Gasteiger partial charge on any atom is -0.475 e. The molecule has 0 unspecified atom stereocenters. The van der Waals surface area contributed by atoms with Crippen LogP contribution in [-0.4, -0.2) is 41.9 Å². The molecule has 0 atom stereocenters. The normalized spacial score (nSPS) is 14.6. The van der Waals surface area contributed by atoms with Crippen molar-refractivity contribution >= 4 is 0 Å². The molecule has 1 aliphatic rings. The van der Waals surface area contributed by atoms with Gasteiger partial charge in [0, 0.05) is 24.9 Å². The van der Waals surface area contributed by atoms with Gasteiger partial charge in [-0.15, -0.1) is 0 Å². The Morgan fingerprint density at radius 1 is 1.00 bits per heavy atom. The van der Waals surface area contributed by atoms with Crippen molar-refractivity contribution in [2.75, 3.05) is 26.3 Å². The molecule has 0 fully saturated rings. The monoisotopic (exact) mass is 355 g/mol. The third-order valence-electron chi connectivity index (χ3n) is 4.25. The van der Waals surface area contributed by atoms with Crippen LogP contribution in [0.15, 0.2) is 30.3 Å². The van der Waals surface area contributed by atoms with E-state index < -0.39 is 0 Å². The van der Waals surface area contributed by atoms with Crippen LogP contribution in [0.3, 0.4) is 0 Å². The molecule has 26 heavy (non-hydrogen) atoms. The number of nitrogens with one attached hydrogen (secondary N) is 1. The Bertz CT molecular complexity index is 711. The fraction of sp³-hybridized carbons (Fsp3) is 0.524. The Morgan fingerprint density at radius 2 is 1.77 bits per heavy atom. The lowest BCUT2D eigenvalue weighted by molar-refractivity contribution is -0.0169. The molecule has 0 radical (unpaired) electrons. The number of hydrogen-bond donors (Lipinski definition) is 1. The van der Waals surface area contributed by atoms with Gasteiger partial charge in [0.2, 0.25) is 5.88 Å². The van der Waals surface area contributed by atoms with Crippen LogP contribution in [-0.2, 0) is 24.0 Å². The second kappa shape index (κ2) is 8.60. The summed E-state index contributed by atoms with van der Waals surface area (Å²) in [5, 5.41) is 3.43. The third kappa shape index (κ3) is 5.51. The first kappa shape index (κ1) is 18.8. The number of benzene rings is 1. The standard InChI is InChI=1S/C21H29N3O2/c1-21(2,3)26-14-13-25-20-17-9-11-22-12-10-18(17)23-19(24-20)15-16-7-5-4-6-8-16/h4-8,22H,9-15H2,1-3H3. The van der Waals surface area contributed by atoms with Crippen LogP contribution in [0, 0.1) is 0 Å². The minimum absolute atomic E-state index is 0.158. The zero-order chi connectivity index (χ0) is 18.4. The molecular formula is C21H29N3O2. The highest BCUT2D eigenvalue weighted by Crippen LogP contribution is 2.23. The van der Waals surface area contributed by atoms with Gasteiger partial charge in [-0.3, -0.25) is 0 Å². The summed E-state index contributed by atoms with van der Waals surface area (Å²) in [6.45, 7) is 9.08. The van der Waals surface area contributed by atoms with E-state index in [0.29, 0.717) is 13.2 Å². The molecule has 1 aliphatic heterocycles. The van der Waals surface area contributed by atoms with Crippen molar-refractivity contribution in [3.63, 3.8) is 0 Å². The summed E-state index contributed by atoms with van der Waals surface area (Å²) in [4.78, 5) is 9.57. The Morgan fingerprint density at radius 3 is 2.54 bits per heavy atom. The van der Waals surface area contributed by atoms with Gasteiger partial charge in [0.1, 0.15) is 12.4 Å². The number of rotatable bonds is 6. The number of nitrogens with zero attached hydrogens (tertiary/aromatic N) is 2. The fourth-order valence-electron chi connectivity index (χ4n) is 3.02. The molecule has 0 saturated carbocycles. The first-order chi connectivity index (χ1) is 12.5. The second-order valence-electron chi connectivity index (χ2n) is 7.59. The molecule has 0 bridgehead atoms. The van der Waals surface area contributed by atoms with E-state index in [0.717, 1.165) is 55.3 Å². The molecule has 0 aliphatic carbocycles. The number of ether oxygens (including phenoxy) is 2. The molecule has 1 N–H and O–H groups in total. The Balaban J connectivity index is 1.77. The summed E-state index contributed by atoms with van der Waals surface area (Å²) in [7, 11) is 0. The molecule has 2 heterocycles. The Hall–Kier alpha value is -1.98. The van der Waals surface area contributed by atoms with Gasteiger partial charge in [0.25, 0.3) is 0 Å². The van der Waals surface area contributed by atoms with Crippen LogP contribution < -0.4 is 10.1 Å². The van der Waals surface area contributed by atoms with E-state index in [1.54, 1.807) is 0 Å². The van der Waals surface area contributed by atoms with Gasteiger partial charge in [0.05, 0.1) is 17.9 Å². The fourth-order valence-corrected chi connectivity index (χ4v) is 3.02. The molecule has 5 heteroatoms. The van der Waals surface area contributed by atoms with E-state index in [2.05, 4.69) is 17.4 Å². The number of hydrogen-bond acceptors (Lipinski definition) is 5. The zero-order valence-corrected chi connectivity index (χ0v) is 16.0. The smallest absolute Gasteiger partial charge is 0.220 e. The summed E-state index contributed by atoms with van der Waals surface area (Å²) in [5.41, 5.74) is 3.31. The van der Waals surface area contributed by atoms with Crippen molar-refractivity contribution in [2.45, 2.75) is 45.6 Å². The molecule has 3 rings (SSSR count). The van der Waals surface area contributed by atoms with Gasteiger partial charge < -0.3 is 14.8 Å². The lowest BCUT2D eigenvalue weighted by Gasteiger charge is -2.20. The summed E-state index contributed by atoms with van der Waals surface area (Å²) in [5.74, 6) is 1.55. The summed E-state index contributed by atoms with van der Waals surface area (Å²) >= 11 is 0. The number of fused-ring (bicyclic) bond motifs is 1. The maximum Gasteiger partial charge on any atom is 0.220 e. The van der Waals surface area contributed by atoms with E-state index in [1.807, 2.05) is 39.0 Å². The maximum absolute atomic E-state index is 6.03. The first-order valence-corrected chi connectivity index (χ1v) is 9.41. The summed E-state index contributed by atoms with van der Waals surface area (Å²) in [6, 6.07) is 10.3. The molecule has 0 amide bonds. The predicted molar refractivity (Wildman–Crippen MR) is 103 cm³/mol. The van der Waals surface area contributed by atoms with Crippen molar-refractivity contribution in [1.82, 2.24) is 15.3 Å². The van der Waals surface area contributed by atoms with E-state index >= 15 is 0 Å². The van der Waals surface area contributed by atoms with Gasteiger partial charge in [-0.2, -0.15) is 4.98 Å². The average molecular weight is 355 g/mol. The van der Waals surface area contributed by atoms with Gasteiger partial charge in [-0.1, -0.05) is 30.3 Å².